The average Bonchev–Trinajstić information content (AvgIpc) is 2.85. The fourth-order valence-electron chi connectivity index (χ4n) is 2.19. The molecule has 2 rings (SSSR count). The molecule has 23 heavy (non-hydrogen) atoms. The van der Waals surface area contributed by atoms with Gasteiger partial charge < -0.3 is 20.7 Å². The fourth-order valence-corrected chi connectivity index (χ4v) is 3.86. The summed E-state index contributed by atoms with van der Waals surface area (Å²) >= 11 is 0. The Morgan fingerprint density at radius 2 is 1.96 bits per heavy atom. The molecule has 1 fully saturated rings. The van der Waals surface area contributed by atoms with E-state index in [4.69, 9.17) is 4.74 Å². The minimum absolute atomic E-state index is 0.0571. The molecule has 0 radical (unpaired) electrons. The lowest BCUT2D eigenvalue weighted by molar-refractivity contribution is -0.115. The SMILES string of the molecule is COc1ccc(NC(=O)CNC(=O)N[C@H]2CCS(=O)(=O)C2)cc1. The van der Waals surface area contributed by atoms with Crippen molar-refractivity contribution in [2.24, 2.45) is 0 Å². The van der Waals surface area contributed by atoms with E-state index in [1.807, 2.05) is 0 Å². The van der Waals surface area contributed by atoms with Crippen LogP contribution in [0.25, 0.3) is 0 Å². The van der Waals surface area contributed by atoms with Crippen LogP contribution < -0.4 is 20.7 Å². The number of hydrogen-bond donors (Lipinski definition) is 3. The third-order valence-electron chi connectivity index (χ3n) is 3.35. The van der Waals surface area contributed by atoms with Crippen molar-refractivity contribution >= 4 is 27.5 Å². The number of amides is 3. The second-order valence-corrected chi connectivity index (χ2v) is 7.43. The molecule has 1 aromatic rings. The van der Waals surface area contributed by atoms with Gasteiger partial charge in [-0.2, -0.15) is 0 Å². The zero-order chi connectivity index (χ0) is 16.9. The zero-order valence-electron chi connectivity index (χ0n) is 12.7. The molecule has 0 bridgehead atoms. The highest BCUT2D eigenvalue weighted by Crippen LogP contribution is 2.14. The van der Waals surface area contributed by atoms with Gasteiger partial charge in [0, 0.05) is 11.7 Å². The summed E-state index contributed by atoms with van der Waals surface area (Å²) < 4.78 is 27.6. The lowest BCUT2D eigenvalue weighted by atomic mass is 10.3. The number of anilines is 1. The van der Waals surface area contributed by atoms with Gasteiger partial charge >= 0.3 is 6.03 Å². The van der Waals surface area contributed by atoms with Crippen LogP contribution in [0.4, 0.5) is 10.5 Å². The van der Waals surface area contributed by atoms with E-state index in [0.29, 0.717) is 17.9 Å². The number of hydrogen-bond acceptors (Lipinski definition) is 5. The van der Waals surface area contributed by atoms with E-state index < -0.39 is 21.9 Å². The number of sulfone groups is 1. The van der Waals surface area contributed by atoms with Crippen molar-refractivity contribution in [1.29, 1.82) is 0 Å². The molecule has 126 valence electrons. The van der Waals surface area contributed by atoms with Crippen molar-refractivity contribution in [2.75, 3.05) is 30.5 Å². The normalized spacial score (nSPS) is 18.9. The first kappa shape index (κ1) is 17.1. The van der Waals surface area contributed by atoms with E-state index in [0.717, 1.165) is 0 Å². The monoisotopic (exact) mass is 341 g/mol. The van der Waals surface area contributed by atoms with Crippen molar-refractivity contribution in [3.63, 3.8) is 0 Å². The zero-order valence-corrected chi connectivity index (χ0v) is 13.5. The first-order chi connectivity index (χ1) is 10.9. The second-order valence-electron chi connectivity index (χ2n) is 5.20. The quantitative estimate of drug-likeness (QED) is 0.704. The number of ether oxygens (including phenoxy) is 1. The summed E-state index contributed by atoms with van der Waals surface area (Å²) in [5, 5.41) is 7.56. The number of rotatable bonds is 5. The van der Waals surface area contributed by atoms with Crippen molar-refractivity contribution < 1.29 is 22.7 Å². The second kappa shape index (κ2) is 7.32. The molecular weight excluding hydrogens is 322 g/mol. The Bertz CT molecular complexity index is 672. The molecule has 1 aliphatic heterocycles. The molecular formula is C14H19N3O5S. The number of methoxy groups -OCH3 is 1. The Kier molecular flexibility index (Phi) is 5.43. The minimum atomic E-state index is -3.05. The molecule has 0 aliphatic carbocycles. The predicted octanol–water partition coefficient (Wildman–Crippen LogP) is 0.120. The van der Waals surface area contributed by atoms with Gasteiger partial charge in [0.05, 0.1) is 25.2 Å². The maximum Gasteiger partial charge on any atom is 0.315 e. The molecule has 0 spiro atoms. The highest BCUT2D eigenvalue weighted by molar-refractivity contribution is 7.91. The van der Waals surface area contributed by atoms with Gasteiger partial charge in [0.2, 0.25) is 5.91 Å². The molecule has 1 aromatic carbocycles. The lowest BCUT2D eigenvalue weighted by Crippen LogP contribution is -2.45. The van der Waals surface area contributed by atoms with Gasteiger partial charge in [0.15, 0.2) is 9.84 Å². The Balaban J connectivity index is 1.72. The summed E-state index contributed by atoms with van der Waals surface area (Å²) in [7, 11) is -1.50. The van der Waals surface area contributed by atoms with Gasteiger partial charge in [-0.3, -0.25) is 4.79 Å². The maximum atomic E-state index is 11.7. The van der Waals surface area contributed by atoms with Crippen molar-refractivity contribution in [1.82, 2.24) is 10.6 Å². The highest BCUT2D eigenvalue weighted by atomic mass is 32.2. The number of carbonyl (C=O) groups is 2. The summed E-state index contributed by atoms with van der Waals surface area (Å²) in [4.78, 5) is 23.4. The minimum Gasteiger partial charge on any atom is -0.497 e. The van der Waals surface area contributed by atoms with Crippen molar-refractivity contribution in [3.8, 4) is 5.75 Å². The Morgan fingerprint density at radius 1 is 1.26 bits per heavy atom. The van der Waals surface area contributed by atoms with E-state index >= 15 is 0 Å². The topological polar surface area (TPSA) is 114 Å². The van der Waals surface area contributed by atoms with Crippen LogP contribution in [0.15, 0.2) is 24.3 Å². The van der Waals surface area contributed by atoms with Crippen LogP contribution in [-0.4, -0.2) is 51.6 Å². The molecule has 0 aromatic heterocycles. The molecule has 9 heteroatoms. The van der Waals surface area contributed by atoms with E-state index in [2.05, 4.69) is 16.0 Å². The summed E-state index contributed by atoms with van der Waals surface area (Å²) in [6.07, 6.45) is 0.397. The Morgan fingerprint density at radius 3 is 2.52 bits per heavy atom. The van der Waals surface area contributed by atoms with Crippen LogP contribution in [0.5, 0.6) is 5.75 Å². The molecule has 8 nitrogen and oxygen atoms in total. The molecule has 1 saturated heterocycles. The summed E-state index contributed by atoms with van der Waals surface area (Å²) in [6.45, 7) is -0.211. The van der Waals surface area contributed by atoms with E-state index in [-0.39, 0.29) is 24.0 Å². The summed E-state index contributed by atoms with van der Waals surface area (Å²) in [6, 6.07) is 5.81. The maximum absolute atomic E-state index is 11.7. The van der Waals surface area contributed by atoms with Gasteiger partial charge in [-0.25, -0.2) is 13.2 Å². The molecule has 3 N–H and O–H groups in total. The largest absolute Gasteiger partial charge is 0.497 e. The third-order valence-corrected chi connectivity index (χ3v) is 5.12. The first-order valence-electron chi connectivity index (χ1n) is 7.06. The van der Waals surface area contributed by atoms with Crippen molar-refractivity contribution in [2.45, 2.75) is 12.5 Å². The highest BCUT2D eigenvalue weighted by Gasteiger charge is 2.28. The molecule has 3 amide bonds. The van der Waals surface area contributed by atoms with E-state index in [1.165, 1.54) is 0 Å². The van der Waals surface area contributed by atoms with Gasteiger partial charge in [0.1, 0.15) is 5.75 Å². The van der Waals surface area contributed by atoms with Crippen LogP contribution in [0, 0.1) is 0 Å². The lowest BCUT2D eigenvalue weighted by Gasteiger charge is -2.12. The predicted molar refractivity (Wildman–Crippen MR) is 85.2 cm³/mol. The van der Waals surface area contributed by atoms with Crippen LogP contribution >= 0.6 is 0 Å². The van der Waals surface area contributed by atoms with Crippen LogP contribution in [0.3, 0.4) is 0 Å². The van der Waals surface area contributed by atoms with Gasteiger partial charge in [-0.05, 0) is 30.7 Å². The average molecular weight is 341 g/mol. The first-order valence-corrected chi connectivity index (χ1v) is 8.89. The molecule has 0 unspecified atom stereocenters. The Labute approximate surface area is 134 Å². The fraction of sp³-hybridized carbons (Fsp3) is 0.429. The van der Waals surface area contributed by atoms with Crippen LogP contribution in [-0.2, 0) is 14.6 Å². The van der Waals surface area contributed by atoms with Crippen molar-refractivity contribution in [3.05, 3.63) is 24.3 Å². The van der Waals surface area contributed by atoms with Gasteiger partial charge in [-0.1, -0.05) is 0 Å². The number of carbonyl (C=O) groups excluding carboxylic acids is 2. The summed E-state index contributed by atoms with van der Waals surface area (Å²) in [5.41, 5.74) is 0.583. The van der Waals surface area contributed by atoms with Crippen LogP contribution in [0.1, 0.15) is 6.42 Å². The summed E-state index contributed by atoms with van der Waals surface area (Å²) in [5.74, 6) is 0.311. The van der Waals surface area contributed by atoms with Crippen LogP contribution in [0.2, 0.25) is 0 Å². The molecule has 1 atom stereocenters. The third kappa shape index (κ3) is 5.44. The number of nitrogens with one attached hydrogen (secondary N) is 3. The Hall–Kier alpha value is -2.29. The molecule has 1 heterocycles. The van der Waals surface area contributed by atoms with E-state index in [1.54, 1.807) is 31.4 Å². The number of urea groups is 1. The molecule has 0 saturated carbocycles. The van der Waals surface area contributed by atoms with Gasteiger partial charge in [-0.15, -0.1) is 0 Å². The number of benzene rings is 1. The smallest absolute Gasteiger partial charge is 0.315 e. The van der Waals surface area contributed by atoms with E-state index in [9.17, 15) is 18.0 Å². The van der Waals surface area contributed by atoms with Gasteiger partial charge in [0.25, 0.3) is 0 Å². The molecule has 1 aliphatic rings. The standard InChI is InChI=1S/C14H19N3O5S/c1-22-12-4-2-10(3-5-12)16-13(18)8-15-14(19)17-11-6-7-23(20,21)9-11/h2-5,11H,6-9H2,1H3,(H,16,18)(H2,15,17,19)/t11-/m0/s1.